The fraction of sp³-hybridized carbons (Fsp3) is 0.900. The van der Waals surface area contributed by atoms with Gasteiger partial charge in [0.05, 0.1) is 13.2 Å². The molecule has 0 aromatic carbocycles. The lowest BCUT2D eigenvalue weighted by atomic mass is 10.4. The number of nitrogens with zero attached hydrogens (tertiary/aromatic N) is 1. The minimum Gasteiger partial charge on any atom is -0.465 e. The van der Waals surface area contributed by atoms with Crippen LogP contribution in [-0.4, -0.2) is 61.7 Å². The Hall–Kier alpha value is -0.260. The second-order valence-corrected chi connectivity index (χ2v) is 4.66. The van der Waals surface area contributed by atoms with Gasteiger partial charge >= 0.3 is 5.97 Å². The van der Waals surface area contributed by atoms with E-state index in [1.54, 1.807) is 0 Å². The Balaban J connectivity index is 1.93. The van der Waals surface area contributed by atoms with Crippen LogP contribution in [0, 0.1) is 0 Å². The van der Waals surface area contributed by atoms with Crippen molar-refractivity contribution in [3.63, 3.8) is 0 Å². The summed E-state index contributed by atoms with van der Waals surface area (Å²) in [4.78, 5) is 13.4. The van der Waals surface area contributed by atoms with E-state index < -0.39 is 0 Å². The van der Waals surface area contributed by atoms with Gasteiger partial charge in [0.15, 0.2) is 0 Å². The minimum atomic E-state index is -0.160. The lowest BCUT2D eigenvalue weighted by Gasteiger charge is -2.25. The van der Waals surface area contributed by atoms with Crippen molar-refractivity contribution < 1.29 is 9.53 Å². The molecule has 0 bridgehead atoms. The maximum atomic E-state index is 11.0. The summed E-state index contributed by atoms with van der Waals surface area (Å²) >= 11 is 2.01. The fourth-order valence-corrected chi connectivity index (χ4v) is 2.44. The van der Waals surface area contributed by atoms with Gasteiger partial charge in [0.1, 0.15) is 0 Å². The summed E-state index contributed by atoms with van der Waals surface area (Å²) in [6.45, 7) is 6.85. The Labute approximate surface area is 95.7 Å². The maximum absolute atomic E-state index is 11.0. The first-order chi connectivity index (χ1) is 7.33. The van der Waals surface area contributed by atoms with Crippen molar-refractivity contribution in [3.05, 3.63) is 0 Å². The summed E-state index contributed by atoms with van der Waals surface area (Å²) in [7, 11) is 0. The van der Waals surface area contributed by atoms with Crippen molar-refractivity contribution in [1.29, 1.82) is 0 Å². The van der Waals surface area contributed by atoms with E-state index in [4.69, 9.17) is 4.74 Å². The Kier molecular flexibility index (Phi) is 6.80. The van der Waals surface area contributed by atoms with Crippen LogP contribution in [-0.2, 0) is 9.53 Å². The van der Waals surface area contributed by atoms with Crippen LogP contribution in [0.5, 0.6) is 0 Å². The van der Waals surface area contributed by atoms with Gasteiger partial charge in [-0.2, -0.15) is 11.8 Å². The van der Waals surface area contributed by atoms with Crippen molar-refractivity contribution in [2.45, 2.75) is 6.92 Å². The molecular weight excluding hydrogens is 212 g/mol. The number of carbonyl (C=O) groups excluding carboxylic acids is 1. The number of hydrogen-bond acceptors (Lipinski definition) is 5. The van der Waals surface area contributed by atoms with E-state index >= 15 is 0 Å². The SMILES string of the molecule is CCOC(=O)CNCCN1CCSCC1. The zero-order chi connectivity index (χ0) is 10.9. The number of hydrogen-bond donors (Lipinski definition) is 1. The summed E-state index contributed by atoms with van der Waals surface area (Å²) < 4.78 is 4.82. The van der Waals surface area contributed by atoms with Crippen LogP contribution in [0.3, 0.4) is 0 Å². The lowest BCUT2D eigenvalue weighted by Crippen LogP contribution is -2.39. The van der Waals surface area contributed by atoms with Gasteiger partial charge in [-0.05, 0) is 6.92 Å². The molecule has 1 heterocycles. The molecule has 1 fully saturated rings. The second kappa shape index (κ2) is 7.96. The number of rotatable bonds is 6. The number of carbonyl (C=O) groups is 1. The Morgan fingerprint density at radius 3 is 2.87 bits per heavy atom. The van der Waals surface area contributed by atoms with Gasteiger partial charge < -0.3 is 15.0 Å². The maximum Gasteiger partial charge on any atom is 0.319 e. The number of nitrogens with one attached hydrogen (secondary N) is 1. The summed E-state index contributed by atoms with van der Waals surface area (Å²) in [6.07, 6.45) is 0. The molecular formula is C10H20N2O2S. The average molecular weight is 232 g/mol. The van der Waals surface area contributed by atoms with Crippen LogP contribution in [0.4, 0.5) is 0 Å². The summed E-state index contributed by atoms with van der Waals surface area (Å²) in [6, 6.07) is 0. The second-order valence-electron chi connectivity index (χ2n) is 3.44. The molecule has 1 aliphatic heterocycles. The molecule has 15 heavy (non-hydrogen) atoms. The van der Waals surface area contributed by atoms with Gasteiger partial charge in [-0.15, -0.1) is 0 Å². The standard InChI is InChI=1S/C10H20N2O2S/c1-2-14-10(13)9-11-3-4-12-5-7-15-8-6-12/h11H,2-9H2,1H3. The molecule has 4 nitrogen and oxygen atoms in total. The topological polar surface area (TPSA) is 41.6 Å². The third-order valence-corrected chi connectivity index (χ3v) is 3.23. The van der Waals surface area contributed by atoms with E-state index in [0.717, 1.165) is 13.1 Å². The largest absolute Gasteiger partial charge is 0.465 e. The Morgan fingerprint density at radius 1 is 1.47 bits per heavy atom. The van der Waals surface area contributed by atoms with Crippen molar-refractivity contribution in [3.8, 4) is 0 Å². The summed E-state index contributed by atoms with van der Waals surface area (Å²) in [5, 5.41) is 3.09. The first kappa shape index (κ1) is 12.8. The predicted octanol–water partition coefficient (Wildman–Crippen LogP) is 0.188. The van der Waals surface area contributed by atoms with Crippen molar-refractivity contribution in [2.24, 2.45) is 0 Å². The third kappa shape index (κ3) is 6.02. The number of ether oxygens (including phenoxy) is 1. The van der Waals surface area contributed by atoms with Crippen LogP contribution in [0.15, 0.2) is 0 Å². The highest BCUT2D eigenvalue weighted by molar-refractivity contribution is 7.99. The average Bonchev–Trinajstić information content (AvgIpc) is 2.26. The van der Waals surface area contributed by atoms with Crippen molar-refractivity contribution >= 4 is 17.7 Å². The summed E-state index contributed by atoms with van der Waals surface area (Å²) in [5.41, 5.74) is 0. The van der Waals surface area contributed by atoms with E-state index in [0.29, 0.717) is 13.2 Å². The molecule has 0 spiro atoms. The van der Waals surface area contributed by atoms with Crippen molar-refractivity contribution in [1.82, 2.24) is 10.2 Å². The molecule has 1 aliphatic rings. The number of thioether (sulfide) groups is 1. The molecule has 1 saturated heterocycles. The highest BCUT2D eigenvalue weighted by Crippen LogP contribution is 2.07. The molecule has 0 unspecified atom stereocenters. The molecule has 88 valence electrons. The molecule has 5 heteroatoms. The van der Waals surface area contributed by atoms with Gasteiger partial charge in [0.2, 0.25) is 0 Å². The van der Waals surface area contributed by atoms with E-state index in [-0.39, 0.29) is 5.97 Å². The zero-order valence-electron chi connectivity index (χ0n) is 9.33. The first-order valence-corrected chi connectivity index (χ1v) is 6.65. The fourth-order valence-electron chi connectivity index (χ4n) is 1.46. The molecule has 0 aromatic rings. The monoisotopic (exact) mass is 232 g/mol. The Morgan fingerprint density at radius 2 is 2.20 bits per heavy atom. The van der Waals surface area contributed by atoms with Gasteiger partial charge in [-0.25, -0.2) is 0 Å². The van der Waals surface area contributed by atoms with Crippen LogP contribution in [0.2, 0.25) is 0 Å². The van der Waals surface area contributed by atoms with Crippen LogP contribution in [0.1, 0.15) is 6.92 Å². The highest BCUT2D eigenvalue weighted by Gasteiger charge is 2.09. The molecule has 0 saturated carbocycles. The first-order valence-electron chi connectivity index (χ1n) is 5.49. The van der Waals surface area contributed by atoms with E-state index in [1.807, 2.05) is 18.7 Å². The van der Waals surface area contributed by atoms with Crippen molar-refractivity contribution in [2.75, 3.05) is 50.8 Å². The predicted molar refractivity (Wildman–Crippen MR) is 63.3 cm³/mol. The van der Waals surface area contributed by atoms with E-state index in [9.17, 15) is 4.79 Å². The van der Waals surface area contributed by atoms with Crippen LogP contribution in [0.25, 0.3) is 0 Å². The molecule has 0 amide bonds. The highest BCUT2D eigenvalue weighted by atomic mass is 32.2. The van der Waals surface area contributed by atoms with E-state index in [2.05, 4.69) is 10.2 Å². The Bertz CT molecular complexity index is 184. The molecule has 0 aromatic heterocycles. The van der Waals surface area contributed by atoms with Crippen LogP contribution < -0.4 is 5.32 Å². The number of esters is 1. The van der Waals surface area contributed by atoms with Gasteiger partial charge in [0, 0.05) is 37.7 Å². The molecule has 0 atom stereocenters. The van der Waals surface area contributed by atoms with Gasteiger partial charge in [0.25, 0.3) is 0 Å². The summed E-state index contributed by atoms with van der Waals surface area (Å²) in [5.74, 6) is 2.31. The van der Waals surface area contributed by atoms with E-state index in [1.165, 1.54) is 24.6 Å². The molecule has 1 rings (SSSR count). The molecule has 0 radical (unpaired) electrons. The molecule has 0 aliphatic carbocycles. The third-order valence-electron chi connectivity index (χ3n) is 2.28. The van der Waals surface area contributed by atoms with Gasteiger partial charge in [-0.1, -0.05) is 0 Å². The minimum absolute atomic E-state index is 0.160. The van der Waals surface area contributed by atoms with Crippen LogP contribution >= 0.6 is 11.8 Å². The zero-order valence-corrected chi connectivity index (χ0v) is 10.1. The quantitative estimate of drug-likeness (QED) is 0.523. The lowest BCUT2D eigenvalue weighted by molar-refractivity contribution is -0.141. The van der Waals surface area contributed by atoms with Gasteiger partial charge in [-0.3, -0.25) is 4.79 Å². The smallest absolute Gasteiger partial charge is 0.319 e. The molecule has 1 N–H and O–H groups in total. The normalized spacial score (nSPS) is 17.7.